The van der Waals surface area contributed by atoms with Crippen LogP contribution in [-0.2, 0) is 5.41 Å². The summed E-state index contributed by atoms with van der Waals surface area (Å²) in [4.78, 5) is 16.7. The van der Waals surface area contributed by atoms with E-state index in [-0.39, 0.29) is 11.3 Å². The van der Waals surface area contributed by atoms with Crippen LogP contribution < -0.4 is 15.4 Å². The molecule has 0 aliphatic heterocycles. The van der Waals surface area contributed by atoms with Gasteiger partial charge in [0.15, 0.2) is 0 Å². The zero-order valence-electron chi connectivity index (χ0n) is 16.6. The molecule has 0 saturated carbocycles. The Kier molecular flexibility index (Phi) is 5.64. The van der Waals surface area contributed by atoms with Gasteiger partial charge in [-0.25, -0.2) is 4.98 Å². The largest absolute Gasteiger partial charge is 0.497 e. The Morgan fingerprint density at radius 2 is 1.46 bits per heavy atom. The molecule has 3 aromatic rings. The Morgan fingerprint density at radius 1 is 0.857 bits per heavy atom. The van der Waals surface area contributed by atoms with Crippen LogP contribution in [0.25, 0.3) is 0 Å². The average Bonchev–Trinajstić information content (AvgIpc) is 2.69. The van der Waals surface area contributed by atoms with Gasteiger partial charge < -0.3 is 15.4 Å². The number of carbonyl (C=O) groups is 1. The quantitative estimate of drug-likeness (QED) is 0.628. The molecule has 0 atom stereocenters. The topological polar surface area (TPSA) is 63.2 Å². The van der Waals surface area contributed by atoms with Crippen LogP contribution in [-0.4, -0.2) is 18.0 Å². The van der Waals surface area contributed by atoms with E-state index in [1.54, 1.807) is 19.4 Å². The van der Waals surface area contributed by atoms with Crippen molar-refractivity contribution in [2.75, 3.05) is 17.7 Å². The van der Waals surface area contributed by atoms with E-state index < -0.39 is 0 Å². The van der Waals surface area contributed by atoms with Crippen molar-refractivity contribution in [3.8, 4) is 5.75 Å². The third-order valence-corrected chi connectivity index (χ3v) is 4.38. The van der Waals surface area contributed by atoms with E-state index in [9.17, 15) is 4.79 Å². The Labute approximate surface area is 165 Å². The van der Waals surface area contributed by atoms with E-state index in [4.69, 9.17) is 4.74 Å². The lowest BCUT2D eigenvalue weighted by atomic mass is 9.87. The Bertz CT molecular complexity index is 926. The molecule has 0 aliphatic carbocycles. The molecule has 0 aliphatic rings. The highest BCUT2D eigenvalue weighted by Gasteiger charge is 2.13. The molecule has 5 heteroatoms. The molecule has 2 N–H and O–H groups in total. The Hall–Kier alpha value is -3.34. The lowest BCUT2D eigenvalue weighted by Crippen LogP contribution is -2.14. The van der Waals surface area contributed by atoms with Gasteiger partial charge in [-0.1, -0.05) is 32.9 Å². The second-order valence-corrected chi connectivity index (χ2v) is 7.57. The van der Waals surface area contributed by atoms with Gasteiger partial charge in [0, 0.05) is 11.4 Å². The van der Waals surface area contributed by atoms with Crippen molar-refractivity contribution in [1.29, 1.82) is 0 Å². The van der Waals surface area contributed by atoms with Crippen LogP contribution in [0.4, 0.5) is 17.1 Å². The summed E-state index contributed by atoms with van der Waals surface area (Å²) < 4.78 is 5.15. The number of amides is 1. The first-order valence-electron chi connectivity index (χ1n) is 9.14. The minimum atomic E-state index is -0.237. The molecular weight excluding hydrogens is 350 g/mol. The fourth-order valence-corrected chi connectivity index (χ4v) is 2.69. The molecule has 0 bridgehead atoms. The molecule has 144 valence electrons. The van der Waals surface area contributed by atoms with E-state index in [0.29, 0.717) is 5.69 Å². The van der Waals surface area contributed by atoms with E-state index in [0.717, 1.165) is 22.8 Å². The zero-order chi connectivity index (χ0) is 20.1. The standard InChI is InChI=1S/C23H25N3O2/c1-23(2,3)16-5-7-18(8-6-16)26-22(27)21-14-11-19(15-24-21)25-17-9-12-20(28-4)13-10-17/h5-15,25H,1-4H3,(H,26,27). The van der Waals surface area contributed by atoms with Gasteiger partial charge in [0.1, 0.15) is 11.4 Å². The molecule has 1 heterocycles. The number of nitrogens with one attached hydrogen (secondary N) is 2. The molecule has 0 fully saturated rings. The highest BCUT2D eigenvalue weighted by Crippen LogP contribution is 2.24. The van der Waals surface area contributed by atoms with Crippen LogP contribution in [0.5, 0.6) is 5.75 Å². The predicted molar refractivity (Wildman–Crippen MR) is 114 cm³/mol. The number of rotatable bonds is 5. The van der Waals surface area contributed by atoms with E-state index in [1.807, 2.05) is 54.6 Å². The molecule has 0 unspecified atom stereocenters. The molecule has 5 nitrogen and oxygen atoms in total. The first-order chi connectivity index (χ1) is 13.3. The number of carbonyl (C=O) groups excluding carboxylic acids is 1. The Balaban J connectivity index is 1.63. The third kappa shape index (κ3) is 4.88. The monoisotopic (exact) mass is 375 g/mol. The molecule has 1 amide bonds. The van der Waals surface area contributed by atoms with Crippen molar-refractivity contribution < 1.29 is 9.53 Å². The maximum atomic E-state index is 12.4. The third-order valence-electron chi connectivity index (χ3n) is 4.38. The molecule has 28 heavy (non-hydrogen) atoms. The summed E-state index contributed by atoms with van der Waals surface area (Å²) in [5.74, 6) is 0.561. The Morgan fingerprint density at radius 3 is 2.00 bits per heavy atom. The number of pyridine rings is 1. The van der Waals surface area contributed by atoms with Gasteiger partial charge in [-0.2, -0.15) is 0 Å². The lowest BCUT2D eigenvalue weighted by Gasteiger charge is -2.19. The van der Waals surface area contributed by atoms with Crippen LogP contribution in [0.3, 0.4) is 0 Å². The average molecular weight is 375 g/mol. The van der Waals surface area contributed by atoms with Crippen molar-refractivity contribution in [2.45, 2.75) is 26.2 Å². The first-order valence-corrected chi connectivity index (χ1v) is 9.14. The minimum Gasteiger partial charge on any atom is -0.497 e. The first kappa shape index (κ1) is 19.4. The maximum Gasteiger partial charge on any atom is 0.274 e. The second kappa shape index (κ2) is 8.13. The number of hydrogen-bond donors (Lipinski definition) is 2. The summed E-state index contributed by atoms with van der Waals surface area (Å²) in [7, 11) is 1.63. The van der Waals surface area contributed by atoms with Gasteiger partial charge in [-0.15, -0.1) is 0 Å². The summed E-state index contributed by atoms with van der Waals surface area (Å²) in [6.45, 7) is 6.48. The van der Waals surface area contributed by atoms with E-state index in [2.05, 4.69) is 36.4 Å². The number of ether oxygens (including phenoxy) is 1. The molecule has 0 spiro atoms. The van der Waals surface area contributed by atoms with Crippen molar-refractivity contribution in [3.63, 3.8) is 0 Å². The smallest absolute Gasteiger partial charge is 0.274 e. The summed E-state index contributed by atoms with van der Waals surface area (Å²) in [6, 6.07) is 19.0. The predicted octanol–water partition coefficient (Wildman–Crippen LogP) is 5.38. The summed E-state index contributed by atoms with van der Waals surface area (Å²) >= 11 is 0. The SMILES string of the molecule is COc1ccc(Nc2ccc(C(=O)Nc3ccc(C(C)(C)C)cc3)nc2)cc1. The number of methoxy groups -OCH3 is 1. The van der Waals surface area contributed by atoms with Crippen molar-refractivity contribution in [3.05, 3.63) is 78.1 Å². The van der Waals surface area contributed by atoms with E-state index in [1.165, 1.54) is 5.56 Å². The summed E-state index contributed by atoms with van der Waals surface area (Å²) in [5, 5.41) is 6.12. The van der Waals surface area contributed by atoms with Crippen molar-refractivity contribution >= 4 is 23.0 Å². The second-order valence-electron chi connectivity index (χ2n) is 7.57. The van der Waals surface area contributed by atoms with E-state index >= 15 is 0 Å². The number of anilines is 3. The highest BCUT2D eigenvalue weighted by atomic mass is 16.5. The fourth-order valence-electron chi connectivity index (χ4n) is 2.69. The van der Waals surface area contributed by atoms with Gasteiger partial charge in [0.2, 0.25) is 0 Å². The van der Waals surface area contributed by atoms with Crippen LogP contribution in [0.2, 0.25) is 0 Å². The molecule has 1 aromatic heterocycles. The maximum absolute atomic E-state index is 12.4. The summed E-state index contributed by atoms with van der Waals surface area (Å²) in [6.07, 6.45) is 1.64. The number of benzene rings is 2. The molecular formula is C23H25N3O2. The van der Waals surface area contributed by atoms with Gasteiger partial charge >= 0.3 is 0 Å². The zero-order valence-corrected chi connectivity index (χ0v) is 16.6. The van der Waals surface area contributed by atoms with Crippen LogP contribution >= 0.6 is 0 Å². The summed E-state index contributed by atoms with van der Waals surface area (Å²) in [5.41, 5.74) is 4.13. The molecule has 0 radical (unpaired) electrons. The normalized spacial score (nSPS) is 11.0. The van der Waals surface area contributed by atoms with Crippen molar-refractivity contribution in [2.24, 2.45) is 0 Å². The van der Waals surface area contributed by atoms with Gasteiger partial charge in [-0.05, 0) is 59.5 Å². The number of hydrogen-bond acceptors (Lipinski definition) is 4. The fraction of sp³-hybridized carbons (Fsp3) is 0.217. The molecule has 0 saturated heterocycles. The highest BCUT2D eigenvalue weighted by molar-refractivity contribution is 6.03. The van der Waals surface area contributed by atoms with Crippen LogP contribution in [0.1, 0.15) is 36.8 Å². The molecule has 2 aromatic carbocycles. The lowest BCUT2D eigenvalue weighted by molar-refractivity contribution is 0.102. The van der Waals surface area contributed by atoms with Gasteiger partial charge in [0.25, 0.3) is 5.91 Å². The van der Waals surface area contributed by atoms with Gasteiger partial charge in [0.05, 0.1) is 19.0 Å². The minimum absolute atomic E-state index is 0.0802. The van der Waals surface area contributed by atoms with Crippen molar-refractivity contribution in [1.82, 2.24) is 4.98 Å². The molecule has 3 rings (SSSR count). The number of nitrogens with zero attached hydrogens (tertiary/aromatic N) is 1. The van der Waals surface area contributed by atoms with Gasteiger partial charge in [-0.3, -0.25) is 4.79 Å². The van der Waals surface area contributed by atoms with Crippen LogP contribution in [0.15, 0.2) is 66.9 Å². The number of aromatic nitrogens is 1. The van der Waals surface area contributed by atoms with Crippen LogP contribution in [0, 0.1) is 0 Å².